The van der Waals surface area contributed by atoms with E-state index in [4.69, 9.17) is 0 Å². The minimum absolute atomic E-state index is 0.184. The van der Waals surface area contributed by atoms with E-state index in [1.54, 1.807) is 6.20 Å². The average Bonchev–Trinajstić information content (AvgIpc) is 3.02. The maximum Gasteiger partial charge on any atom is 0.287 e. The molecule has 1 unspecified atom stereocenters. The van der Waals surface area contributed by atoms with Gasteiger partial charge < -0.3 is 15.4 Å². The zero-order chi connectivity index (χ0) is 16.5. The first-order valence-corrected chi connectivity index (χ1v) is 8.05. The van der Waals surface area contributed by atoms with Crippen molar-refractivity contribution in [2.45, 2.75) is 25.0 Å². The highest BCUT2D eigenvalue weighted by molar-refractivity contribution is 5.94. The van der Waals surface area contributed by atoms with Crippen molar-refractivity contribution in [3.8, 4) is 0 Å². The third kappa shape index (κ3) is 2.76. The summed E-state index contributed by atoms with van der Waals surface area (Å²) >= 11 is 0. The Morgan fingerprint density at radius 1 is 1.21 bits per heavy atom. The summed E-state index contributed by atoms with van der Waals surface area (Å²) in [4.78, 5) is 24.4. The fourth-order valence-corrected chi connectivity index (χ4v) is 3.17. The monoisotopic (exact) mass is 322 g/mol. The number of hydrogen-bond donors (Lipinski definition) is 3. The molecule has 1 saturated carbocycles. The Bertz CT molecular complexity index is 823. The van der Waals surface area contributed by atoms with Gasteiger partial charge in [-0.15, -0.1) is 0 Å². The van der Waals surface area contributed by atoms with Gasteiger partial charge in [0.2, 0.25) is 0 Å². The van der Waals surface area contributed by atoms with Gasteiger partial charge in [0.15, 0.2) is 5.82 Å². The molecule has 1 fully saturated rings. The van der Waals surface area contributed by atoms with E-state index in [0.29, 0.717) is 12.8 Å². The molecule has 0 saturated heterocycles. The SMILES string of the molecule is O=C(NC(c1ccccn1)C1CC(O)C1)c1nc2ccccc2[nH]1. The fourth-order valence-electron chi connectivity index (χ4n) is 3.17. The Hall–Kier alpha value is -2.73. The lowest BCUT2D eigenvalue weighted by Gasteiger charge is -2.37. The van der Waals surface area contributed by atoms with Crippen molar-refractivity contribution in [1.82, 2.24) is 20.3 Å². The van der Waals surface area contributed by atoms with E-state index < -0.39 is 0 Å². The van der Waals surface area contributed by atoms with Gasteiger partial charge >= 0.3 is 0 Å². The molecule has 3 N–H and O–H groups in total. The van der Waals surface area contributed by atoms with Gasteiger partial charge in [-0.3, -0.25) is 9.78 Å². The van der Waals surface area contributed by atoms with Crippen LogP contribution in [-0.2, 0) is 0 Å². The average molecular weight is 322 g/mol. The number of H-pyrrole nitrogens is 1. The molecule has 24 heavy (non-hydrogen) atoms. The number of benzene rings is 1. The smallest absolute Gasteiger partial charge is 0.287 e. The highest BCUT2D eigenvalue weighted by atomic mass is 16.3. The summed E-state index contributed by atoms with van der Waals surface area (Å²) in [5.41, 5.74) is 2.39. The molecule has 1 aromatic carbocycles. The van der Waals surface area contributed by atoms with Crippen molar-refractivity contribution in [1.29, 1.82) is 0 Å². The van der Waals surface area contributed by atoms with Crippen molar-refractivity contribution in [3.63, 3.8) is 0 Å². The fraction of sp³-hybridized carbons (Fsp3) is 0.278. The highest BCUT2D eigenvalue weighted by Gasteiger charge is 2.36. The number of hydrogen-bond acceptors (Lipinski definition) is 4. The molecule has 4 rings (SSSR count). The van der Waals surface area contributed by atoms with Crippen molar-refractivity contribution < 1.29 is 9.90 Å². The van der Waals surface area contributed by atoms with Crippen LogP contribution in [0, 0.1) is 5.92 Å². The summed E-state index contributed by atoms with van der Waals surface area (Å²) < 4.78 is 0. The Labute approximate surface area is 139 Å². The molecule has 2 heterocycles. The number of aromatic amines is 1. The van der Waals surface area contributed by atoms with Crippen LogP contribution in [0.2, 0.25) is 0 Å². The highest BCUT2D eigenvalue weighted by Crippen LogP contribution is 2.37. The summed E-state index contributed by atoms with van der Waals surface area (Å²) in [5, 5.41) is 12.6. The normalized spacial score (nSPS) is 21.2. The van der Waals surface area contributed by atoms with E-state index in [0.717, 1.165) is 16.7 Å². The third-order valence-electron chi connectivity index (χ3n) is 4.52. The standard InChI is InChI=1S/C18H18N4O2/c23-12-9-11(10-12)16(15-7-3-4-8-19-15)22-18(24)17-20-13-5-1-2-6-14(13)21-17/h1-8,11-12,16,23H,9-10H2,(H,20,21)(H,22,24). The molecule has 1 amide bonds. The predicted molar refractivity (Wildman–Crippen MR) is 89.3 cm³/mol. The molecular weight excluding hydrogens is 304 g/mol. The number of nitrogens with one attached hydrogen (secondary N) is 2. The molecular formula is C18H18N4O2. The van der Waals surface area contributed by atoms with Crippen LogP contribution in [0.4, 0.5) is 0 Å². The van der Waals surface area contributed by atoms with Crippen LogP contribution in [0.5, 0.6) is 0 Å². The number of aliphatic hydroxyl groups is 1. The molecule has 1 aliphatic carbocycles. The second-order valence-corrected chi connectivity index (χ2v) is 6.19. The number of nitrogens with zero attached hydrogens (tertiary/aromatic N) is 2. The lowest BCUT2D eigenvalue weighted by molar-refractivity contribution is 0.0227. The van der Waals surface area contributed by atoms with E-state index in [9.17, 15) is 9.90 Å². The van der Waals surface area contributed by atoms with Crippen LogP contribution in [0.15, 0.2) is 48.7 Å². The number of fused-ring (bicyclic) bond motifs is 1. The molecule has 122 valence electrons. The summed E-state index contributed by atoms with van der Waals surface area (Å²) in [7, 11) is 0. The summed E-state index contributed by atoms with van der Waals surface area (Å²) in [6.07, 6.45) is 2.76. The summed E-state index contributed by atoms with van der Waals surface area (Å²) in [6.45, 7) is 0. The predicted octanol–water partition coefficient (Wildman–Crippen LogP) is 2.20. The van der Waals surface area contributed by atoms with E-state index in [-0.39, 0.29) is 29.8 Å². The minimum atomic E-state index is -0.288. The first-order chi connectivity index (χ1) is 11.7. The maximum atomic E-state index is 12.6. The third-order valence-corrected chi connectivity index (χ3v) is 4.52. The van der Waals surface area contributed by atoms with E-state index in [1.165, 1.54) is 0 Å². The quantitative estimate of drug-likeness (QED) is 0.687. The van der Waals surface area contributed by atoms with Gasteiger partial charge in [-0.1, -0.05) is 18.2 Å². The van der Waals surface area contributed by atoms with E-state index in [1.807, 2.05) is 42.5 Å². The maximum absolute atomic E-state index is 12.6. The van der Waals surface area contributed by atoms with Crippen molar-refractivity contribution in [3.05, 3.63) is 60.2 Å². The van der Waals surface area contributed by atoms with Crippen LogP contribution < -0.4 is 5.32 Å². The van der Waals surface area contributed by atoms with Crippen molar-refractivity contribution in [2.24, 2.45) is 5.92 Å². The van der Waals surface area contributed by atoms with Crippen LogP contribution in [-0.4, -0.2) is 32.1 Å². The molecule has 2 aromatic heterocycles. The molecule has 0 aliphatic heterocycles. The largest absolute Gasteiger partial charge is 0.393 e. The van der Waals surface area contributed by atoms with Gasteiger partial charge in [0.05, 0.1) is 28.9 Å². The molecule has 3 aromatic rings. The number of amides is 1. The molecule has 0 radical (unpaired) electrons. The van der Waals surface area contributed by atoms with Gasteiger partial charge in [-0.25, -0.2) is 4.98 Å². The van der Waals surface area contributed by atoms with Crippen LogP contribution in [0.25, 0.3) is 11.0 Å². The number of aliphatic hydroxyl groups excluding tert-OH is 1. The number of imidazole rings is 1. The van der Waals surface area contributed by atoms with Crippen LogP contribution in [0.1, 0.15) is 35.2 Å². The van der Waals surface area contributed by atoms with Gasteiger partial charge in [0.1, 0.15) is 0 Å². The van der Waals surface area contributed by atoms with E-state index in [2.05, 4.69) is 20.3 Å². The van der Waals surface area contributed by atoms with Crippen LogP contribution in [0.3, 0.4) is 0 Å². The lowest BCUT2D eigenvalue weighted by atomic mass is 9.76. The summed E-state index contributed by atoms with van der Waals surface area (Å²) in [5.74, 6) is 0.212. The number of carbonyl (C=O) groups excluding carboxylic acids is 1. The lowest BCUT2D eigenvalue weighted by Crippen LogP contribution is -2.42. The molecule has 1 aliphatic rings. The van der Waals surface area contributed by atoms with Crippen molar-refractivity contribution >= 4 is 16.9 Å². The van der Waals surface area contributed by atoms with E-state index >= 15 is 0 Å². The zero-order valence-electron chi connectivity index (χ0n) is 13.0. The second kappa shape index (κ2) is 6.05. The first kappa shape index (κ1) is 14.8. The molecule has 0 bridgehead atoms. The first-order valence-electron chi connectivity index (χ1n) is 8.05. The Morgan fingerprint density at radius 2 is 2.00 bits per heavy atom. The molecule has 0 spiro atoms. The number of rotatable bonds is 4. The van der Waals surface area contributed by atoms with Gasteiger partial charge in [-0.05, 0) is 43.0 Å². The number of pyridine rings is 1. The number of aromatic nitrogens is 3. The Balaban J connectivity index is 1.58. The molecule has 6 nitrogen and oxygen atoms in total. The Kier molecular flexibility index (Phi) is 3.74. The zero-order valence-corrected chi connectivity index (χ0v) is 13.0. The molecule has 6 heteroatoms. The topological polar surface area (TPSA) is 90.9 Å². The van der Waals surface area contributed by atoms with Crippen LogP contribution >= 0.6 is 0 Å². The number of carbonyl (C=O) groups is 1. The van der Waals surface area contributed by atoms with Gasteiger partial charge in [0.25, 0.3) is 5.91 Å². The van der Waals surface area contributed by atoms with Gasteiger partial charge in [0, 0.05) is 6.20 Å². The number of para-hydroxylation sites is 2. The minimum Gasteiger partial charge on any atom is -0.393 e. The van der Waals surface area contributed by atoms with Crippen molar-refractivity contribution in [2.75, 3.05) is 0 Å². The Morgan fingerprint density at radius 3 is 2.71 bits per heavy atom. The molecule has 1 atom stereocenters. The summed E-state index contributed by atoms with van der Waals surface area (Å²) in [6, 6.07) is 12.9. The van der Waals surface area contributed by atoms with Gasteiger partial charge in [-0.2, -0.15) is 0 Å². The second-order valence-electron chi connectivity index (χ2n) is 6.19.